The van der Waals surface area contributed by atoms with E-state index >= 15 is 0 Å². The fourth-order valence-electron chi connectivity index (χ4n) is 2.05. The normalized spacial score (nSPS) is 10.5. The van der Waals surface area contributed by atoms with Gasteiger partial charge < -0.3 is 14.2 Å². The van der Waals surface area contributed by atoms with Gasteiger partial charge in [0.2, 0.25) is 0 Å². The molecule has 0 aliphatic rings. The van der Waals surface area contributed by atoms with Crippen LogP contribution in [0.1, 0.15) is 22.1 Å². The highest BCUT2D eigenvalue weighted by atomic mass is 16.4. The SMILES string of the molecule is Cc1ccc(CNC(=O)c2ccc(-c3ccccc3)o2)o1. The lowest BCUT2D eigenvalue weighted by Gasteiger charge is -2.00. The maximum Gasteiger partial charge on any atom is 0.287 e. The second-order valence-corrected chi connectivity index (χ2v) is 4.72. The van der Waals surface area contributed by atoms with Crippen LogP contribution in [0.4, 0.5) is 0 Å². The van der Waals surface area contributed by atoms with Gasteiger partial charge in [0.15, 0.2) is 5.76 Å². The average molecular weight is 281 g/mol. The van der Waals surface area contributed by atoms with Crippen molar-refractivity contribution in [2.24, 2.45) is 0 Å². The summed E-state index contributed by atoms with van der Waals surface area (Å²) in [7, 11) is 0. The van der Waals surface area contributed by atoms with Gasteiger partial charge in [0.25, 0.3) is 5.91 Å². The molecule has 3 aromatic rings. The Kier molecular flexibility index (Phi) is 3.60. The highest BCUT2D eigenvalue weighted by Gasteiger charge is 2.12. The zero-order valence-electron chi connectivity index (χ0n) is 11.6. The van der Waals surface area contributed by atoms with Gasteiger partial charge in [0.1, 0.15) is 17.3 Å². The van der Waals surface area contributed by atoms with Crippen molar-refractivity contribution in [2.45, 2.75) is 13.5 Å². The minimum absolute atomic E-state index is 0.258. The summed E-state index contributed by atoms with van der Waals surface area (Å²) in [6.07, 6.45) is 0. The van der Waals surface area contributed by atoms with Crippen LogP contribution in [-0.2, 0) is 6.54 Å². The molecule has 4 nitrogen and oxygen atoms in total. The van der Waals surface area contributed by atoms with Crippen LogP contribution in [0.2, 0.25) is 0 Å². The largest absolute Gasteiger partial charge is 0.465 e. The van der Waals surface area contributed by atoms with Crippen molar-refractivity contribution < 1.29 is 13.6 Å². The first-order valence-corrected chi connectivity index (χ1v) is 6.71. The molecule has 0 saturated heterocycles. The molecule has 0 aliphatic heterocycles. The molecule has 1 N–H and O–H groups in total. The molecule has 0 atom stereocenters. The van der Waals surface area contributed by atoms with E-state index in [0.717, 1.165) is 17.1 Å². The Morgan fingerprint density at radius 3 is 2.52 bits per heavy atom. The van der Waals surface area contributed by atoms with Crippen molar-refractivity contribution in [2.75, 3.05) is 0 Å². The number of amides is 1. The molecule has 0 fully saturated rings. The summed E-state index contributed by atoms with van der Waals surface area (Å²) in [6.45, 7) is 2.21. The van der Waals surface area contributed by atoms with Gasteiger partial charge >= 0.3 is 0 Å². The van der Waals surface area contributed by atoms with Crippen molar-refractivity contribution in [3.05, 3.63) is 71.9 Å². The highest BCUT2D eigenvalue weighted by molar-refractivity contribution is 5.91. The van der Waals surface area contributed by atoms with Gasteiger partial charge in [-0.3, -0.25) is 4.79 Å². The van der Waals surface area contributed by atoms with Crippen molar-refractivity contribution >= 4 is 5.91 Å². The fourth-order valence-corrected chi connectivity index (χ4v) is 2.05. The van der Waals surface area contributed by atoms with Crippen molar-refractivity contribution in [3.8, 4) is 11.3 Å². The molecule has 0 saturated carbocycles. The van der Waals surface area contributed by atoms with Gasteiger partial charge in [-0.25, -0.2) is 0 Å². The monoisotopic (exact) mass is 281 g/mol. The molecule has 0 radical (unpaired) electrons. The van der Waals surface area contributed by atoms with Crippen LogP contribution in [0.5, 0.6) is 0 Å². The third kappa shape index (κ3) is 3.05. The van der Waals surface area contributed by atoms with E-state index in [1.165, 1.54) is 0 Å². The van der Waals surface area contributed by atoms with Gasteiger partial charge in [0.05, 0.1) is 6.54 Å². The first kappa shape index (κ1) is 13.2. The molecule has 0 bridgehead atoms. The summed E-state index contributed by atoms with van der Waals surface area (Å²) in [5, 5.41) is 2.77. The van der Waals surface area contributed by atoms with E-state index in [9.17, 15) is 4.79 Å². The Bertz CT molecular complexity index is 740. The third-order valence-corrected chi connectivity index (χ3v) is 3.11. The predicted molar refractivity (Wildman–Crippen MR) is 78.8 cm³/mol. The molecular weight excluding hydrogens is 266 g/mol. The van der Waals surface area contributed by atoms with E-state index in [4.69, 9.17) is 8.83 Å². The smallest absolute Gasteiger partial charge is 0.287 e. The topological polar surface area (TPSA) is 55.4 Å². The van der Waals surface area contributed by atoms with Gasteiger partial charge in [-0.2, -0.15) is 0 Å². The Balaban J connectivity index is 1.67. The van der Waals surface area contributed by atoms with Gasteiger partial charge in [0, 0.05) is 5.56 Å². The van der Waals surface area contributed by atoms with E-state index in [2.05, 4.69) is 5.32 Å². The minimum atomic E-state index is -0.258. The maximum absolute atomic E-state index is 12.0. The number of nitrogens with one attached hydrogen (secondary N) is 1. The molecule has 2 aromatic heterocycles. The van der Waals surface area contributed by atoms with Crippen LogP contribution in [0.25, 0.3) is 11.3 Å². The number of rotatable bonds is 4. The second kappa shape index (κ2) is 5.71. The zero-order valence-corrected chi connectivity index (χ0v) is 11.6. The lowest BCUT2D eigenvalue weighted by molar-refractivity contribution is 0.0921. The predicted octanol–water partition coefficient (Wildman–Crippen LogP) is 3.78. The van der Waals surface area contributed by atoms with Crippen molar-refractivity contribution in [3.63, 3.8) is 0 Å². The maximum atomic E-state index is 12.0. The van der Waals surface area contributed by atoms with E-state index in [1.807, 2.05) is 49.4 Å². The summed E-state index contributed by atoms with van der Waals surface area (Å²) >= 11 is 0. The summed E-state index contributed by atoms with van der Waals surface area (Å²) in [5.74, 6) is 2.25. The van der Waals surface area contributed by atoms with Gasteiger partial charge in [-0.15, -0.1) is 0 Å². The average Bonchev–Trinajstić information content (AvgIpc) is 3.15. The fraction of sp³-hybridized carbons (Fsp3) is 0.118. The molecule has 2 heterocycles. The van der Waals surface area contributed by atoms with Crippen LogP contribution >= 0.6 is 0 Å². The second-order valence-electron chi connectivity index (χ2n) is 4.72. The first-order valence-electron chi connectivity index (χ1n) is 6.71. The number of aryl methyl sites for hydroxylation is 1. The molecule has 21 heavy (non-hydrogen) atoms. The molecular formula is C17H15NO3. The first-order chi connectivity index (χ1) is 10.2. The number of carbonyl (C=O) groups excluding carboxylic acids is 1. The molecule has 3 rings (SSSR count). The zero-order chi connectivity index (χ0) is 14.7. The molecule has 0 aliphatic carbocycles. The molecule has 0 spiro atoms. The quantitative estimate of drug-likeness (QED) is 0.791. The number of carbonyl (C=O) groups is 1. The summed E-state index contributed by atoms with van der Waals surface area (Å²) in [6, 6.07) is 16.8. The lowest BCUT2D eigenvalue weighted by atomic mass is 10.2. The molecule has 1 aromatic carbocycles. The Hall–Kier alpha value is -2.75. The van der Waals surface area contributed by atoms with Crippen molar-refractivity contribution in [1.29, 1.82) is 0 Å². The van der Waals surface area contributed by atoms with E-state index in [-0.39, 0.29) is 11.7 Å². The summed E-state index contributed by atoms with van der Waals surface area (Å²) in [4.78, 5) is 12.0. The van der Waals surface area contributed by atoms with E-state index < -0.39 is 0 Å². The lowest BCUT2D eigenvalue weighted by Crippen LogP contribution is -2.21. The van der Waals surface area contributed by atoms with E-state index in [1.54, 1.807) is 12.1 Å². The third-order valence-electron chi connectivity index (χ3n) is 3.11. The Morgan fingerprint density at radius 1 is 1.00 bits per heavy atom. The van der Waals surface area contributed by atoms with Crippen molar-refractivity contribution in [1.82, 2.24) is 5.32 Å². The molecule has 0 unspecified atom stereocenters. The van der Waals surface area contributed by atoms with E-state index in [0.29, 0.717) is 12.3 Å². The van der Waals surface area contributed by atoms with Crippen LogP contribution < -0.4 is 5.32 Å². The number of hydrogen-bond acceptors (Lipinski definition) is 3. The number of benzene rings is 1. The highest BCUT2D eigenvalue weighted by Crippen LogP contribution is 2.21. The van der Waals surface area contributed by atoms with Gasteiger partial charge in [-0.1, -0.05) is 30.3 Å². The Morgan fingerprint density at radius 2 is 1.81 bits per heavy atom. The van der Waals surface area contributed by atoms with Crippen LogP contribution in [0.15, 0.2) is 63.4 Å². The van der Waals surface area contributed by atoms with Gasteiger partial charge in [-0.05, 0) is 31.2 Å². The molecule has 106 valence electrons. The Labute approximate surface area is 122 Å². The van der Waals surface area contributed by atoms with Crippen LogP contribution in [0, 0.1) is 6.92 Å². The summed E-state index contributed by atoms with van der Waals surface area (Å²) < 4.78 is 11.0. The van der Waals surface area contributed by atoms with Crippen LogP contribution in [0.3, 0.4) is 0 Å². The molecule has 4 heteroatoms. The summed E-state index contributed by atoms with van der Waals surface area (Å²) in [5.41, 5.74) is 0.943. The van der Waals surface area contributed by atoms with Crippen LogP contribution in [-0.4, -0.2) is 5.91 Å². The number of hydrogen-bond donors (Lipinski definition) is 1. The minimum Gasteiger partial charge on any atom is -0.465 e. The number of furan rings is 2. The molecule has 1 amide bonds. The standard InChI is InChI=1S/C17H15NO3/c1-12-7-8-14(20-12)11-18-17(19)16-10-9-15(21-16)13-5-3-2-4-6-13/h2-10H,11H2,1H3,(H,18,19).